The van der Waals surface area contributed by atoms with Crippen LogP contribution in [-0.2, 0) is 16.4 Å². The first kappa shape index (κ1) is 19.2. The minimum absolute atomic E-state index is 0.142. The van der Waals surface area contributed by atoms with Gasteiger partial charge in [-0.3, -0.25) is 9.10 Å². The highest BCUT2D eigenvalue weighted by atomic mass is 32.2. The third-order valence-electron chi connectivity index (χ3n) is 4.53. The maximum absolute atomic E-state index is 12.4. The SMILES string of the molecule is Cc1ccc(OCCNC(=O)c2ccc3c(c2)CC(C)N3S(C)(=O)=O)cc1. The third kappa shape index (κ3) is 4.42. The second kappa shape index (κ2) is 7.60. The van der Waals surface area contributed by atoms with Gasteiger partial charge in [-0.15, -0.1) is 0 Å². The molecule has 0 fully saturated rings. The van der Waals surface area contributed by atoms with Crippen molar-refractivity contribution >= 4 is 21.6 Å². The van der Waals surface area contributed by atoms with E-state index >= 15 is 0 Å². The first-order chi connectivity index (χ1) is 12.8. The molecule has 1 N–H and O–H groups in total. The first-order valence-electron chi connectivity index (χ1n) is 8.85. The van der Waals surface area contributed by atoms with Crippen molar-refractivity contribution in [3.63, 3.8) is 0 Å². The molecule has 3 rings (SSSR count). The summed E-state index contributed by atoms with van der Waals surface area (Å²) in [5, 5.41) is 2.83. The number of sulfonamides is 1. The number of nitrogens with zero attached hydrogens (tertiary/aromatic N) is 1. The molecule has 0 bridgehead atoms. The van der Waals surface area contributed by atoms with E-state index < -0.39 is 10.0 Å². The number of rotatable bonds is 6. The summed E-state index contributed by atoms with van der Waals surface area (Å²) < 4.78 is 31.0. The van der Waals surface area contributed by atoms with E-state index in [1.165, 1.54) is 10.6 Å². The van der Waals surface area contributed by atoms with E-state index in [1.54, 1.807) is 18.2 Å². The summed E-state index contributed by atoms with van der Waals surface area (Å²) in [6, 6.07) is 12.7. The summed E-state index contributed by atoms with van der Waals surface area (Å²) in [5.41, 5.74) is 3.21. The second-order valence-corrected chi connectivity index (χ2v) is 8.73. The Morgan fingerprint density at radius 2 is 1.93 bits per heavy atom. The molecule has 2 aromatic rings. The van der Waals surface area contributed by atoms with Gasteiger partial charge in [0.1, 0.15) is 12.4 Å². The Labute approximate surface area is 160 Å². The van der Waals surface area contributed by atoms with Crippen molar-refractivity contribution in [1.29, 1.82) is 0 Å². The van der Waals surface area contributed by atoms with E-state index in [0.717, 1.165) is 16.9 Å². The van der Waals surface area contributed by atoms with Crippen molar-refractivity contribution < 1.29 is 17.9 Å². The molecule has 1 amide bonds. The summed E-state index contributed by atoms with van der Waals surface area (Å²) in [7, 11) is -3.33. The van der Waals surface area contributed by atoms with Crippen LogP contribution in [0.3, 0.4) is 0 Å². The zero-order chi connectivity index (χ0) is 19.6. The Kier molecular flexibility index (Phi) is 5.41. The molecule has 7 heteroatoms. The van der Waals surface area contributed by atoms with Gasteiger partial charge in [0.2, 0.25) is 10.0 Å². The lowest BCUT2D eigenvalue weighted by Crippen LogP contribution is -2.34. The predicted molar refractivity (Wildman–Crippen MR) is 106 cm³/mol. The van der Waals surface area contributed by atoms with Crippen molar-refractivity contribution in [2.24, 2.45) is 0 Å². The molecule has 0 spiro atoms. The molecule has 144 valence electrons. The van der Waals surface area contributed by atoms with E-state index in [0.29, 0.717) is 30.8 Å². The van der Waals surface area contributed by atoms with Gasteiger partial charge in [0.25, 0.3) is 5.91 Å². The number of ether oxygens (including phenoxy) is 1. The fourth-order valence-corrected chi connectivity index (χ4v) is 4.58. The molecule has 27 heavy (non-hydrogen) atoms. The molecular weight excluding hydrogens is 364 g/mol. The number of aryl methyl sites for hydroxylation is 1. The molecule has 0 aliphatic carbocycles. The van der Waals surface area contributed by atoms with Gasteiger partial charge in [0.15, 0.2) is 0 Å². The number of hydrogen-bond donors (Lipinski definition) is 1. The monoisotopic (exact) mass is 388 g/mol. The van der Waals surface area contributed by atoms with Gasteiger partial charge >= 0.3 is 0 Å². The molecule has 0 saturated carbocycles. The zero-order valence-corrected chi connectivity index (χ0v) is 16.5. The molecule has 1 atom stereocenters. The van der Waals surface area contributed by atoms with Gasteiger partial charge in [0.05, 0.1) is 18.5 Å². The average Bonchev–Trinajstić information content (AvgIpc) is 2.95. The summed E-state index contributed by atoms with van der Waals surface area (Å²) in [5.74, 6) is 0.568. The summed E-state index contributed by atoms with van der Waals surface area (Å²) in [6.07, 6.45) is 1.80. The van der Waals surface area contributed by atoms with E-state index in [4.69, 9.17) is 4.74 Å². The third-order valence-corrected chi connectivity index (χ3v) is 5.80. The maximum Gasteiger partial charge on any atom is 0.251 e. The fraction of sp³-hybridized carbons (Fsp3) is 0.350. The van der Waals surface area contributed by atoms with Crippen molar-refractivity contribution in [2.45, 2.75) is 26.3 Å². The molecule has 1 aliphatic rings. The minimum Gasteiger partial charge on any atom is -0.492 e. The van der Waals surface area contributed by atoms with Crippen molar-refractivity contribution in [3.8, 4) is 5.75 Å². The van der Waals surface area contributed by atoms with Gasteiger partial charge in [-0.25, -0.2) is 8.42 Å². The molecular formula is C20H24N2O4S. The van der Waals surface area contributed by atoms with Crippen LogP contribution < -0.4 is 14.4 Å². The molecule has 0 radical (unpaired) electrons. The minimum atomic E-state index is -3.33. The van der Waals surface area contributed by atoms with Crippen molar-refractivity contribution in [1.82, 2.24) is 5.32 Å². The van der Waals surface area contributed by atoms with Gasteiger partial charge in [0, 0.05) is 11.6 Å². The number of amides is 1. The van der Waals surface area contributed by atoms with E-state index in [9.17, 15) is 13.2 Å². The van der Waals surface area contributed by atoms with Crippen molar-refractivity contribution in [3.05, 3.63) is 59.2 Å². The Hall–Kier alpha value is -2.54. The van der Waals surface area contributed by atoms with Crippen LogP contribution in [0.2, 0.25) is 0 Å². The summed E-state index contributed by atoms with van der Waals surface area (Å²) in [4.78, 5) is 12.4. The molecule has 2 aromatic carbocycles. The highest BCUT2D eigenvalue weighted by Gasteiger charge is 2.32. The number of carbonyl (C=O) groups excluding carboxylic acids is 1. The van der Waals surface area contributed by atoms with E-state index in [2.05, 4.69) is 5.32 Å². The zero-order valence-electron chi connectivity index (χ0n) is 15.7. The Morgan fingerprint density at radius 3 is 2.59 bits per heavy atom. The van der Waals surface area contributed by atoms with E-state index in [-0.39, 0.29) is 11.9 Å². The molecule has 6 nitrogen and oxygen atoms in total. The number of anilines is 1. The maximum atomic E-state index is 12.4. The first-order valence-corrected chi connectivity index (χ1v) is 10.7. The lowest BCUT2D eigenvalue weighted by Gasteiger charge is -2.21. The smallest absolute Gasteiger partial charge is 0.251 e. The van der Waals surface area contributed by atoms with Crippen LogP contribution in [0.15, 0.2) is 42.5 Å². The molecule has 1 aliphatic heterocycles. The number of fused-ring (bicyclic) bond motifs is 1. The van der Waals surface area contributed by atoms with Crippen molar-refractivity contribution in [2.75, 3.05) is 23.7 Å². The predicted octanol–water partition coefficient (Wildman–Crippen LogP) is 2.51. The second-order valence-electron chi connectivity index (χ2n) is 6.87. The standard InChI is InChI=1S/C20H24N2O4S/c1-14-4-7-18(8-5-14)26-11-10-21-20(23)16-6-9-19-17(13-16)12-15(2)22(19)27(3,24)25/h4-9,13,15H,10-12H2,1-3H3,(H,21,23). The molecule has 0 aromatic heterocycles. The largest absolute Gasteiger partial charge is 0.492 e. The van der Waals surface area contributed by atoms with Crippen LogP contribution >= 0.6 is 0 Å². The summed E-state index contributed by atoms with van der Waals surface area (Å²) in [6.45, 7) is 4.63. The Balaban J connectivity index is 1.58. The number of benzene rings is 2. The number of carbonyl (C=O) groups is 1. The van der Waals surface area contributed by atoms with Gasteiger partial charge in [-0.2, -0.15) is 0 Å². The quantitative estimate of drug-likeness (QED) is 0.772. The van der Waals surface area contributed by atoms with Crippen LogP contribution in [0.5, 0.6) is 5.75 Å². The van der Waals surface area contributed by atoms with Crippen LogP contribution in [0, 0.1) is 6.92 Å². The number of nitrogens with one attached hydrogen (secondary N) is 1. The summed E-state index contributed by atoms with van der Waals surface area (Å²) >= 11 is 0. The van der Waals surface area contributed by atoms with Gasteiger partial charge < -0.3 is 10.1 Å². The normalized spacial score (nSPS) is 16.1. The van der Waals surface area contributed by atoms with Crippen LogP contribution in [-0.4, -0.2) is 39.8 Å². The van der Waals surface area contributed by atoms with Crippen LogP contribution in [0.1, 0.15) is 28.4 Å². The molecule has 1 heterocycles. The lowest BCUT2D eigenvalue weighted by molar-refractivity contribution is 0.0947. The molecule has 0 saturated heterocycles. The Morgan fingerprint density at radius 1 is 1.22 bits per heavy atom. The Bertz CT molecular complexity index is 939. The number of hydrogen-bond acceptors (Lipinski definition) is 4. The van der Waals surface area contributed by atoms with Crippen LogP contribution in [0.25, 0.3) is 0 Å². The fourth-order valence-electron chi connectivity index (χ4n) is 3.32. The highest BCUT2D eigenvalue weighted by Crippen LogP contribution is 2.34. The van der Waals surface area contributed by atoms with Gasteiger partial charge in [-0.05, 0) is 56.2 Å². The molecule has 1 unspecified atom stereocenters. The topological polar surface area (TPSA) is 75.7 Å². The lowest BCUT2D eigenvalue weighted by atomic mass is 10.1. The van der Waals surface area contributed by atoms with Crippen LogP contribution in [0.4, 0.5) is 5.69 Å². The highest BCUT2D eigenvalue weighted by molar-refractivity contribution is 7.92. The van der Waals surface area contributed by atoms with Gasteiger partial charge in [-0.1, -0.05) is 17.7 Å². The van der Waals surface area contributed by atoms with E-state index in [1.807, 2.05) is 38.1 Å². The average molecular weight is 388 g/mol.